The van der Waals surface area contributed by atoms with Crippen LogP contribution in [0.15, 0.2) is 66.9 Å². The first kappa shape index (κ1) is 28.0. The van der Waals surface area contributed by atoms with Crippen LogP contribution in [0.2, 0.25) is 0 Å². The van der Waals surface area contributed by atoms with Crippen molar-refractivity contribution in [2.75, 3.05) is 18.5 Å². The zero-order valence-electron chi connectivity index (χ0n) is 23.6. The smallest absolute Gasteiger partial charge is 0.230 e. The molecule has 0 bridgehead atoms. The van der Waals surface area contributed by atoms with Crippen molar-refractivity contribution in [3.05, 3.63) is 84.1 Å². The van der Waals surface area contributed by atoms with Crippen LogP contribution in [-0.2, 0) is 20.8 Å². The lowest BCUT2D eigenvalue weighted by molar-refractivity contribution is -0.231. The Morgan fingerprint density at radius 1 is 1.00 bits per heavy atom. The number of rotatable bonds is 8. The second kappa shape index (κ2) is 12.4. The Labute approximate surface area is 244 Å². The molecule has 42 heavy (non-hydrogen) atoms. The number of anilines is 1. The van der Waals surface area contributed by atoms with Crippen molar-refractivity contribution in [1.82, 2.24) is 25.3 Å². The standard InChI is InChI=1S/C32H35FN6O3/c1-32(30(40)35-18-21-8-4-2-5-9-21)19-41-29(42-20-32)28-38-26(22-12-14-23(33)15-13-22)27(39-28)25-16-17-34-31(37-25)36-24-10-6-3-7-11-24/h2,4-5,8-9,12-17,24,29H,3,6-7,10-11,18-20H2,1H3,(H,35,40)(H,38,39)(H,34,36,37). The number of H-pyrrole nitrogens is 1. The average molecular weight is 571 g/mol. The van der Waals surface area contributed by atoms with E-state index in [0.29, 0.717) is 41.4 Å². The minimum Gasteiger partial charge on any atom is -0.351 e. The van der Waals surface area contributed by atoms with Crippen LogP contribution in [0.4, 0.5) is 10.3 Å². The van der Waals surface area contributed by atoms with Crippen molar-refractivity contribution in [1.29, 1.82) is 0 Å². The molecule has 1 aliphatic heterocycles. The van der Waals surface area contributed by atoms with Gasteiger partial charge in [0, 0.05) is 24.3 Å². The minimum absolute atomic E-state index is 0.143. The molecule has 6 rings (SSSR count). The molecule has 0 unspecified atom stereocenters. The fraction of sp³-hybridized carbons (Fsp3) is 0.375. The summed E-state index contributed by atoms with van der Waals surface area (Å²) in [5.74, 6) is 0.524. The van der Waals surface area contributed by atoms with Gasteiger partial charge in [0.2, 0.25) is 18.1 Å². The first-order valence-electron chi connectivity index (χ1n) is 14.5. The summed E-state index contributed by atoms with van der Waals surface area (Å²) in [6, 6.07) is 18.1. The number of hydrogen-bond acceptors (Lipinski definition) is 7. The lowest BCUT2D eigenvalue weighted by atomic mass is 9.91. The van der Waals surface area contributed by atoms with Gasteiger partial charge in [0.05, 0.1) is 35.7 Å². The number of nitrogens with one attached hydrogen (secondary N) is 3. The summed E-state index contributed by atoms with van der Waals surface area (Å²) in [5.41, 5.74) is 2.76. The van der Waals surface area contributed by atoms with Crippen LogP contribution in [0.5, 0.6) is 0 Å². The van der Waals surface area contributed by atoms with Gasteiger partial charge in [0.1, 0.15) is 5.82 Å². The van der Waals surface area contributed by atoms with E-state index >= 15 is 0 Å². The Hall–Kier alpha value is -4.15. The molecule has 0 radical (unpaired) electrons. The largest absolute Gasteiger partial charge is 0.351 e. The summed E-state index contributed by atoms with van der Waals surface area (Å²) in [6.07, 6.45) is 6.77. The quantitative estimate of drug-likeness (QED) is 0.246. The number of amides is 1. The Morgan fingerprint density at radius 2 is 1.74 bits per heavy atom. The molecule has 9 nitrogen and oxygen atoms in total. The van der Waals surface area contributed by atoms with Crippen molar-refractivity contribution < 1.29 is 18.7 Å². The molecule has 3 heterocycles. The van der Waals surface area contributed by atoms with E-state index in [9.17, 15) is 9.18 Å². The van der Waals surface area contributed by atoms with Crippen molar-refractivity contribution in [2.24, 2.45) is 5.41 Å². The molecule has 0 spiro atoms. The normalized spacial score (nSPS) is 21.1. The van der Waals surface area contributed by atoms with Crippen molar-refractivity contribution >= 4 is 11.9 Å². The molecule has 3 N–H and O–H groups in total. The van der Waals surface area contributed by atoms with Crippen molar-refractivity contribution in [2.45, 2.75) is 57.9 Å². The van der Waals surface area contributed by atoms with Gasteiger partial charge in [-0.05, 0) is 55.7 Å². The topological polar surface area (TPSA) is 114 Å². The van der Waals surface area contributed by atoms with Crippen LogP contribution in [0.3, 0.4) is 0 Å². The van der Waals surface area contributed by atoms with E-state index in [1.165, 1.54) is 31.4 Å². The zero-order chi connectivity index (χ0) is 28.9. The Bertz CT molecular complexity index is 1500. The van der Waals surface area contributed by atoms with Crippen molar-refractivity contribution in [3.8, 4) is 22.6 Å². The number of carbonyl (C=O) groups excluding carboxylic acids is 1. The summed E-state index contributed by atoms with van der Waals surface area (Å²) in [7, 11) is 0. The molecule has 0 atom stereocenters. The maximum Gasteiger partial charge on any atom is 0.230 e. The molecule has 1 saturated carbocycles. The van der Waals surface area contributed by atoms with Gasteiger partial charge in [0.15, 0.2) is 5.82 Å². The summed E-state index contributed by atoms with van der Waals surface area (Å²) in [4.78, 5) is 30.4. The van der Waals surface area contributed by atoms with E-state index in [0.717, 1.165) is 24.0 Å². The van der Waals surface area contributed by atoms with E-state index < -0.39 is 11.7 Å². The number of imidazole rings is 1. The molecular formula is C32H35FN6O3. The predicted octanol–water partition coefficient (Wildman–Crippen LogP) is 5.79. The van der Waals surface area contributed by atoms with Gasteiger partial charge in [-0.1, -0.05) is 49.6 Å². The van der Waals surface area contributed by atoms with Crippen LogP contribution in [0.25, 0.3) is 22.6 Å². The maximum absolute atomic E-state index is 13.8. The number of benzene rings is 2. The second-order valence-electron chi connectivity index (χ2n) is 11.3. The zero-order valence-corrected chi connectivity index (χ0v) is 23.6. The maximum atomic E-state index is 13.8. The molecule has 4 aromatic rings. The monoisotopic (exact) mass is 570 g/mol. The number of halogens is 1. The van der Waals surface area contributed by atoms with Crippen LogP contribution in [-0.4, -0.2) is 45.1 Å². The highest BCUT2D eigenvalue weighted by molar-refractivity contribution is 5.82. The molecule has 218 valence electrons. The van der Waals surface area contributed by atoms with Gasteiger partial charge < -0.3 is 25.1 Å². The van der Waals surface area contributed by atoms with Crippen LogP contribution >= 0.6 is 0 Å². The molecule has 2 aromatic heterocycles. The SMILES string of the molecule is CC1(C(=O)NCc2ccccc2)COC(c2nc(-c3ccc(F)cc3)c(-c3ccnc(NC4CCCCC4)n3)[nH]2)OC1. The number of aromatic amines is 1. The first-order chi connectivity index (χ1) is 20.5. The van der Waals surface area contributed by atoms with Gasteiger partial charge in [-0.25, -0.2) is 19.3 Å². The molecule has 1 amide bonds. The number of nitrogens with zero attached hydrogens (tertiary/aromatic N) is 3. The van der Waals surface area contributed by atoms with Gasteiger partial charge in [-0.2, -0.15) is 0 Å². The van der Waals surface area contributed by atoms with E-state index in [4.69, 9.17) is 19.4 Å². The molecule has 2 fully saturated rings. The number of ether oxygens (including phenoxy) is 2. The van der Waals surface area contributed by atoms with Crippen LogP contribution in [0.1, 0.15) is 56.7 Å². The second-order valence-corrected chi connectivity index (χ2v) is 11.3. The van der Waals surface area contributed by atoms with Gasteiger partial charge in [-0.15, -0.1) is 0 Å². The highest BCUT2D eigenvalue weighted by atomic mass is 19.1. The summed E-state index contributed by atoms with van der Waals surface area (Å²) in [5, 5.41) is 6.46. The van der Waals surface area contributed by atoms with Crippen molar-refractivity contribution in [3.63, 3.8) is 0 Å². The number of hydrogen-bond donors (Lipinski definition) is 3. The number of aromatic nitrogens is 4. The Balaban J connectivity index is 1.21. The molecule has 2 aromatic carbocycles. The molecule has 2 aliphatic rings. The van der Waals surface area contributed by atoms with E-state index in [1.54, 1.807) is 18.3 Å². The molecule has 10 heteroatoms. The van der Waals surface area contributed by atoms with E-state index in [1.807, 2.05) is 43.3 Å². The van der Waals surface area contributed by atoms with E-state index in [2.05, 4.69) is 20.6 Å². The highest BCUT2D eigenvalue weighted by Crippen LogP contribution is 2.36. The van der Waals surface area contributed by atoms with Gasteiger partial charge >= 0.3 is 0 Å². The molecular weight excluding hydrogens is 535 g/mol. The fourth-order valence-electron chi connectivity index (χ4n) is 5.39. The third-order valence-corrected chi connectivity index (χ3v) is 7.86. The summed E-state index contributed by atoms with van der Waals surface area (Å²) in [6.45, 7) is 2.56. The highest BCUT2D eigenvalue weighted by Gasteiger charge is 2.40. The fourth-order valence-corrected chi connectivity index (χ4v) is 5.39. The summed E-state index contributed by atoms with van der Waals surface area (Å²) < 4.78 is 25.9. The first-order valence-corrected chi connectivity index (χ1v) is 14.5. The van der Waals surface area contributed by atoms with Gasteiger partial charge in [-0.3, -0.25) is 4.79 Å². The Kier molecular flexibility index (Phi) is 8.25. The Morgan fingerprint density at radius 3 is 2.48 bits per heavy atom. The lowest BCUT2D eigenvalue weighted by Gasteiger charge is -2.35. The lowest BCUT2D eigenvalue weighted by Crippen LogP contribution is -2.48. The van der Waals surface area contributed by atoms with Crippen LogP contribution in [0, 0.1) is 11.2 Å². The third-order valence-electron chi connectivity index (χ3n) is 7.86. The van der Waals surface area contributed by atoms with Gasteiger partial charge in [0.25, 0.3) is 0 Å². The number of carbonyl (C=O) groups is 1. The minimum atomic E-state index is -0.854. The molecule has 1 aliphatic carbocycles. The van der Waals surface area contributed by atoms with E-state index in [-0.39, 0.29) is 24.9 Å². The third kappa shape index (κ3) is 6.34. The predicted molar refractivity (Wildman–Crippen MR) is 157 cm³/mol. The average Bonchev–Trinajstić information content (AvgIpc) is 3.47. The summed E-state index contributed by atoms with van der Waals surface area (Å²) >= 11 is 0. The van der Waals surface area contributed by atoms with Crippen LogP contribution < -0.4 is 10.6 Å². The molecule has 1 saturated heterocycles.